The number of carbonyl (C=O) groups is 3. The molecule has 1 unspecified atom stereocenters. The molecule has 0 radical (unpaired) electrons. The van der Waals surface area contributed by atoms with Gasteiger partial charge in [-0.3, -0.25) is 19.3 Å². The molecule has 0 aromatic heterocycles. The molecule has 0 aliphatic carbocycles. The molecule has 2 amide bonds. The van der Waals surface area contributed by atoms with Crippen molar-refractivity contribution in [1.82, 2.24) is 0 Å². The maximum absolute atomic E-state index is 13.7. The number of nitrogens with one attached hydrogen (secondary N) is 1. The Morgan fingerprint density at radius 1 is 0.854 bits per heavy atom. The molecule has 2 N–H and O–H groups in total. The summed E-state index contributed by atoms with van der Waals surface area (Å²) in [6.07, 6.45) is 0. The van der Waals surface area contributed by atoms with Crippen LogP contribution in [0.5, 0.6) is 5.75 Å². The summed E-state index contributed by atoms with van der Waals surface area (Å²) in [6.45, 7) is 13.9. The maximum Gasteiger partial charge on any atom is 0.300 e. The summed E-state index contributed by atoms with van der Waals surface area (Å²) in [6, 6.07) is 19.1. The number of carbonyl (C=O) groups excluding carboxylic acids is 3. The highest BCUT2D eigenvalue weighted by Gasteiger charge is 2.47. The van der Waals surface area contributed by atoms with E-state index in [0.29, 0.717) is 28.3 Å². The predicted molar refractivity (Wildman–Crippen MR) is 162 cm³/mol. The molecule has 3 aromatic rings. The number of ether oxygens (including phenoxy) is 1. The molecule has 4 rings (SSSR count). The first-order valence-electron chi connectivity index (χ1n) is 13.6. The maximum atomic E-state index is 13.7. The first-order chi connectivity index (χ1) is 19.1. The molecule has 3 aromatic carbocycles. The molecule has 1 aliphatic heterocycles. The Kier molecular flexibility index (Phi) is 7.85. The van der Waals surface area contributed by atoms with E-state index < -0.39 is 17.7 Å². The molecular formula is C34H38N2O5. The first kappa shape index (κ1) is 29.6. The molecule has 1 saturated heterocycles. The van der Waals surface area contributed by atoms with Crippen molar-refractivity contribution in [3.8, 4) is 5.75 Å². The van der Waals surface area contributed by atoms with E-state index in [4.69, 9.17) is 4.74 Å². The second kappa shape index (κ2) is 10.9. The lowest BCUT2D eigenvalue weighted by Crippen LogP contribution is -2.29. The van der Waals surface area contributed by atoms with Crippen molar-refractivity contribution < 1.29 is 24.2 Å². The highest BCUT2D eigenvalue weighted by molar-refractivity contribution is 6.51. The zero-order valence-corrected chi connectivity index (χ0v) is 25.0. The highest BCUT2D eigenvalue weighted by Crippen LogP contribution is 2.44. The summed E-state index contributed by atoms with van der Waals surface area (Å²) in [5.41, 5.74) is 3.73. The fraction of sp³-hybridized carbons (Fsp3) is 0.324. The van der Waals surface area contributed by atoms with E-state index in [2.05, 4.69) is 46.9 Å². The van der Waals surface area contributed by atoms with Gasteiger partial charge >= 0.3 is 0 Å². The molecule has 0 bridgehead atoms. The van der Waals surface area contributed by atoms with Gasteiger partial charge in [-0.1, -0.05) is 71.9 Å². The Morgan fingerprint density at radius 3 is 1.93 bits per heavy atom. The molecule has 1 aliphatic rings. The van der Waals surface area contributed by atoms with Crippen molar-refractivity contribution in [1.29, 1.82) is 0 Å². The Labute approximate surface area is 241 Å². The van der Waals surface area contributed by atoms with E-state index >= 15 is 0 Å². The molecule has 1 heterocycles. The number of hydrogen-bond donors (Lipinski definition) is 2. The van der Waals surface area contributed by atoms with E-state index in [1.807, 2.05) is 36.4 Å². The average Bonchev–Trinajstić information content (AvgIpc) is 3.17. The van der Waals surface area contributed by atoms with E-state index in [-0.39, 0.29) is 28.1 Å². The Morgan fingerprint density at radius 2 is 1.41 bits per heavy atom. The second-order valence-electron chi connectivity index (χ2n) is 12.4. The van der Waals surface area contributed by atoms with Crippen molar-refractivity contribution in [2.24, 2.45) is 0 Å². The molecule has 0 spiro atoms. The Balaban J connectivity index is 1.95. The van der Waals surface area contributed by atoms with Gasteiger partial charge in [0.2, 0.25) is 5.91 Å². The van der Waals surface area contributed by atoms with Crippen molar-refractivity contribution in [3.05, 3.63) is 94.6 Å². The number of rotatable bonds is 5. The number of Topliss-reactive ketones (excluding diaryl/α,β-unsaturated/α-hetero) is 1. The number of methoxy groups -OCH3 is 1. The van der Waals surface area contributed by atoms with Crippen LogP contribution < -0.4 is 15.0 Å². The summed E-state index contributed by atoms with van der Waals surface area (Å²) >= 11 is 0. The molecule has 214 valence electrons. The average molecular weight is 555 g/mol. The fourth-order valence-electron chi connectivity index (χ4n) is 4.99. The van der Waals surface area contributed by atoms with Crippen LogP contribution in [-0.4, -0.2) is 29.8 Å². The van der Waals surface area contributed by atoms with Crippen molar-refractivity contribution in [2.75, 3.05) is 17.3 Å². The van der Waals surface area contributed by atoms with Gasteiger partial charge in [0.05, 0.1) is 24.3 Å². The van der Waals surface area contributed by atoms with Crippen LogP contribution in [0.4, 0.5) is 11.4 Å². The quantitative estimate of drug-likeness (QED) is 0.204. The van der Waals surface area contributed by atoms with Gasteiger partial charge in [-0.25, -0.2) is 0 Å². The van der Waals surface area contributed by atoms with Crippen LogP contribution in [0.2, 0.25) is 0 Å². The van der Waals surface area contributed by atoms with E-state index in [1.165, 1.54) is 18.9 Å². The van der Waals surface area contributed by atoms with Crippen LogP contribution >= 0.6 is 0 Å². The monoisotopic (exact) mass is 554 g/mol. The number of benzene rings is 3. The zero-order chi connectivity index (χ0) is 30.3. The van der Waals surface area contributed by atoms with Gasteiger partial charge in [-0.2, -0.15) is 0 Å². The Bertz CT molecular complexity index is 1520. The number of hydrogen-bond acceptors (Lipinski definition) is 5. The predicted octanol–water partition coefficient (Wildman–Crippen LogP) is 6.87. The minimum atomic E-state index is -0.890. The Hall–Kier alpha value is -4.39. The molecule has 1 fully saturated rings. The van der Waals surface area contributed by atoms with Crippen molar-refractivity contribution in [3.63, 3.8) is 0 Å². The summed E-state index contributed by atoms with van der Waals surface area (Å²) in [5.74, 6) is -1.67. The smallest absolute Gasteiger partial charge is 0.300 e. The van der Waals surface area contributed by atoms with E-state index in [9.17, 15) is 19.5 Å². The van der Waals surface area contributed by atoms with Crippen molar-refractivity contribution in [2.45, 2.75) is 65.3 Å². The van der Waals surface area contributed by atoms with Crippen LogP contribution in [0.1, 0.15) is 76.8 Å². The van der Waals surface area contributed by atoms with Gasteiger partial charge in [0.1, 0.15) is 11.5 Å². The van der Waals surface area contributed by atoms with Gasteiger partial charge in [-0.15, -0.1) is 0 Å². The van der Waals surface area contributed by atoms with Gasteiger partial charge in [-0.05, 0) is 63.9 Å². The number of nitrogens with zero attached hydrogens (tertiary/aromatic N) is 1. The standard InChI is InChI=1S/C34H38N2O5/c1-20(37)35-24-14-16-25(17-15-24)36-29(21-9-11-22(12-10-21)33(2,3)4)28(31(39)32(36)40)30(38)26-19-23(34(5,6)7)13-18-27(26)41-8/h9-19,29,38H,1-8H3,(H,35,37)/b30-28+. The number of aliphatic hydroxyl groups is 1. The first-order valence-corrected chi connectivity index (χ1v) is 13.6. The second-order valence-corrected chi connectivity index (χ2v) is 12.4. The molecule has 7 nitrogen and oxygen atoms in total. The lowest BCUT2D eigenvalue weighted by Gasteiger charge is -2.27. The SMILES string of the molecule is COc1ccc(C(C)(C)C)cc1/C(O)=C1\C(=O)C(=O)N(c2ccc(NC(C)=O)cc2)C1c1ccc(C(C)(C)C)cc1. The van der Waals surface area contributed by atoms with Crippen molar-refractivity contribution >= 4 is 34.7 Å². The largest absolute Gasteiger partial charge is 0.507 e. The third-order valence-electron chi connectivity index (χ3n) is 7.32. The van der Waals surface area contributed by atoms with Crippen LogP contribution in [0.3, 0.4) is 0 Å². The highest BCUT2D eigenvalue weighted by atomic mass is 16.5. The van der Waals surface area contributed by atoms with Crippen LogP contribution in [0.15, 0.2) is 72.3 Å². The third kappa shape index (κ3) is 5.89. The van der Waals surface area contributed by atoms with Crippen LogP contribution in [0, 0.1) is 0 Å². The van der Waals surface area contributed by atoms with Gasteiger partial charge < -0.3 is 15.2 Å². The number of aliphatic hydroxyl groups excluding tert-OH is 1. The molecule has 7 heteroatoms. The lowest BCUT2D eigenvalue weighted by molar-refractivity contribution is -0.132. The van der Waals surface area contributed by atoms with E-state index in [0.717, 1.165) is 11.1 Å². The van der Waals surface area contributed by atoms with Crippen LogP contribution in [-0.2, 0) is 25.2 Å². The number of ketones is 1. The summed E-state index contributed by atoms with van der Waals surface area (Å²) in [4.78, 5) is 40.2. The molecular weight excluding hydrogens is 516 g/mol. The summed E-state index contributed by atoms with van der Waals surface area (Å²) < 4.78 is 5.57. The van der Waals surface area contributed by atoms with Crippen LogP contribution in [0.25, 0.3) is 5.76 Å². The van der Waals surface area contributed by atoms with E-state index in [1.54, 1.807) is 30.3 Å². The number of amides is 2. The minimum Gasteiger partial charge on any atom is -0.507 e. The lowest BCUT2D eigenvalue weighted by atomic mass is 9.84. The molecule has 1 atom stereocenters. The zero-order valence-electron chi connectivity index (χ0n) is 25.0. The summed E-state index contributed by atoms with van der Waals surface area (Å²) in [7, 11) is 1.50. The summed E-state index contributed by atoms with van der Waals surface area (Å²) in [5, 5.41) is 14.5. The fourth-order valence-corrected chi connectivity index (χ4v) is 4.99. The minimum absolute atomic E-state index is 0.0196. The molecule has 0 saturated carbocycles. The molecule has 41 heavy (non-hydrogen) atoms. The number of anilines is 2. The van der Waals surface area contributed by atoms with Gasteiger partial charge in [0, 0.05) is 18.3 Å². The van der Waals surface area contributed by atoms with Gasteiger partial charge in [0.25, 0.3) is 11.7 Å². The van der Waals surface area contributed by atoms with Gasteiger partial charge in [0.15, 0.2) is 0 Å². The topological polar surface area (TPSA) is 95.9 Å². The normalized spacial score (nSPS) is 17.1. The third-order valence-corrected chi connectivity index (χ3v) is 7.32.